The number of halogens is 2. The number of carbonyl (C=O) groups is 2. The van der Waals surface area contributed by atoms with E-state index in [1.807, 2.05) is 43.3 Å². The summed E-state index contributed by atoms with van der Waals surface area (Å²) < 4.78 is 21.7. The second-order valence-electron chi connectivity index (χ2n) is 8.06. The Balaban J connectivity index is 1.85. The van der Waals surface area contributed by atoms with Crippen molar-refractivity contribution in [1.29, 1.82) is 0 Å². The van der Waals surface area contributed by atoms with Crippen molar-refractivity contribution in [3.8, 4) is 22.6 Å². The van der Waals surface area contributed by atoms with Gasteiger partial charge in [-0.1, -0.05) is 53.5 Å². The van der Waals surface area contributed by atoms with Crippen LogP contribution in [-0.4, -0.2) is 45.9 Å². The lowest BCUT2D eigenvalue weighted by Crippen LogP contribution is -2.43. The SMILES string of the molecule is CCOCc1cc(OC)c(-c2ccc(C[C@H](NC(=O)c3c(Cl)cccc3Cl)C(=O)OC)cc2)c(OC)c1. The average molecular weight is 546 g/mol. The van der Waals surface area contributed by atoms with Crippen molar-refractivity contribution in [2.24, 2.45) is 0 Å². The largest absolute Gasteiger partial charge is 0.496 e. The number of ether oxygens (including phenoxy) is 4. The van der Waals surface area contributed by atoms with Crippen molar-refractivity contribution in [3.63, 3.8) is 0 Å². The van der Waals surface area contributed by atoms with Crippen LogP contribution in [0.5, 0.6) is 11.5 Å². The molecule has 0 unspecified atom stereocenters. The summed E-state index contributed by atoms with van der Waals surface area (Å²) in [5.41, 5.74) is 3.49. The van der Waals surface area contributed by atoms with Crippen LogP contribution in [0.1, 0.15) is 28.4 Å². The van der Waals surface area contributed by atoms with Gasteiger partial charge in [0.15, 0.2) is 0 Å². The predicted octanol–water partition coefficient (Wildman–Crippen LogP) is 5.73. The van der Waals surface area contributed by atoms with Gasteiger partial charge in [0.25, 0.3) is 5.91 Å². The topological polar surface area (TPSA) is 83.1 Å². The van der Waals surface area contributed by atoms with Gasteiger partial charge in [-0.25, -0.2) is 4.79 Å². The minimum atomic E-state index is -0.947. The van der Waals surface area contributed by atoms with Crippen LogP contribution in [0.25, 0.3) is 11.1 Å². The summed E-state index contributed by atoms with van der Waals surface area (Å²) in [6, 6.07) is 15.2. The Morgan fingerprint density at radius 1 is 0.892 bits per heavy atom. The first-order chi connectivity index (χ1) is 17.8. The minimum absolute atomic E-state index is 0.0991. The van der Waals surface area contributed by atoms with Crippen LogP contribution in [0.2, 0.25) is 10.0 Å². The maximum absolute atomic E-state index is 12.9. The third kappa shape index (κ3) is 6.95. The first kappa shape index (κ1) is 28.3. The molecule has 0 fully saturated rings. The molecule has 3 aromatic carbocycles. The Hall–Kier alpha value is -3.26. The molecule has 1 atom stereocenters. The van der Waals surface area contributed by atoms with Crippen molar-refractivity contribution in [1.82, 2.24) is 5.32 Å². The fourth-order valence-electron chi connectivity index (χ4n) is 3.88. The fourth-order valence-corrected chi connectivity index (χ4v) is 4.45. The molecule has 9 heteroatoms. The summed E-state index contributed by atoms with van der Waals surface area (Å²) in [5, 5.41) is 3.06. The zero-order valence-corrected chi connectivity index (χ0v) is 22.6. The maximum Gasteiger partial charge on any atom is 0.328 e. The number of amides is 1. The van der Waals surface area contributed by atoms with Crippen LogP contribution in [0.15, 0.2) is 54.6 Å². The van der Waals surface area contributed by atoms with E-state index in [0.717, 1.165) is 22.3 Å². The first-order valence-corrected chi connectivity index (χ1v) is 12.3. The quantitative estimate of drug-likeness (QED) is 0.310. The molecule has 1 amide bonds. The molecular formula is C28H29Cl2NO6. The number of carbonyl (C=O) groups excluding carboxylic acids is 2. The van der Waals surface area contributed by atoms with E-state index in [-0.39, 0.29) is 22.0 Å². The highest BCUT2D eigenvalue weighted by atomic mass is 35.5. The fraction of sp³-hybridized carbons (Fsp3) is 0.286. The van der Waals surface area contributed by atoms with Gasteiger partial charge in [0.05, 0.1) is 49.1 Å². The zero-order valence-electron chi connectivity index (χ0n) is 21.1. The van der Waals surface area contributed by atoms with E-state index in [1.165, 1.54) is 7.11 Å². The van der Waals surface area contributed by atoms with Gasteiger partial charge in [0, 0.05) is 13.0 Å². The molecule has 0 heterocycles. The summed E-state index contributed by atoms with van der Waals surface area (Å²) in [6.07, 6.45) is 0.197. The molecule has 0 radical (unpaired) electrons. The average Bonchev–Trinajstić information content (AvgIpc) is 2.90. The molecule has 0 bridgehead atoms. The lowest BCUT2D eigenvalue weighted by atomic mass is 9.98. The Morgan fingerprint density at radius 3 is 2.00 bits per heavy atom. The van der Waals surface area contributed by atoms with Crippen LogP contribution in [0.4, 0.5) is 0 Å². The van der Waals surface area contributed by atoms with Crippen molar-refractivity contribution < 1.29 is 28.5 Å². The van der Waals surface area contributed by atoms with Crippen molar-refractivity contribution in [2.45, 2.75) is 26.0 Å². The lowest BCUT2D eigenvalue weighted by Gasteiger charge is -2.18. The molecule has 7 nitrogen and oxygen atoms in total. The van der Waals surface area contributed by atoms with Gasteiger partial charge in [-0.2, -0.15) is 0 Å². The number of rotatable bonds is 11. The van der Waals surface area contributed by atoms with E-state index in [9.17, 15) is 9.59 Å². The smallest absolute Gasteiger partial charge is 0.328 e. The van der Waals surface area contributed by atoms with Crippen molar-refractivity contribution >= 4 is 35.1 Å². The second-order valence-corrected chi connectivity index (χ2v) is 8.87. The molecule has 0 spiro atoms. The third-order valence-corrected chi connectivity index (χ3v) is 6.33. The molecule has 37 heavy (non-hydrogen) atoms. The summed E-state index contributed by atoms with van der Waals surface area (Å²) in [4.78, 5) is 25.3. The summed E-state index contributed by atoms with van der Waals surface area (Å²) in [6.45, 7) is 2.99. The normalized spacial score (nSPS) is 11.5. The molecular weight excluding hydrogens is 517 g/mol. The molecule has 1 N–H and O–H groups in total. The number of esters is 1. The van der Waals surface area contributed by atoms with Crippen molar-refractivity contribution in [2.75, 3.05) is 27.9 Å². The molecule has 196 valence electrons. The molecule has 0 saturated heterocycles. The van der Waals surface area contributed by atoms with Crippen LogP contribution in [0.3, 0.4) is 0 Å². The Bertz CT molecular complexity index is 1200. The molecule has 0 aliphatic heterocycles. The predicted molar refractivity (Wildman–Crippen MR) is 144 cm³/mol. The van der Waals surface area contributed by atoms with Gasteiger partial charge in [-0.05, 0) is 47.9 Å². The maximum atomic E-state index is 12.9. The Kier molecular flexibility index (Phi) is 10.2. The number of hydrogen-bond acceptors (Lipinski definition) is 6. The summed E-state index contributed by atoms with van der Waals surface area (Å²) in [7, 11) is 4.47. The minimum Gasteiger partial charge on any atom is -0.496 e. The summed E-state index contributed by atoms with van der Waals surface area (Å²) >= 11 is 12.3. The van der Waals surface area contributed by atoms with Crippen LogP contribution in [0, 0.1) is 0 Å². The highest BCUT2D eigenvalue weighted by molar-refractivity contribution is 6.39. The zero-order chi connectivity index (χ0) is 26.9. The Morgan fingerprint density at radius 2 is 1.49 bits per heavy atom. The van der Waals surface area contributed by atoms with Gasteiger partial charge in [0.2, 0.25) is 0 Å². The number of nitrogens with one attached hydrogen (secondary N) is 1. The monoisotopic (exact) mass is 545 g/mol. The van der Waals surface area contributed by atoms with E-state index in [2.05, 4.69) is 5.32 Å². The lowest BCUT2D eigenvalue weighted by molar-refractivity contribution is -0.142. The van der Waals surface area contributed by atoms with E-state index < -0.39 is 17.9 Å². The number of benzene rings is 3. The second kappa shape index (κ2) is 13.3. The van der Waals surface area contributed by atoms with E-state index in [4.69, 9.17) is 42.1 Å². The highest BCUT2D eigenvalue weighted by Gasteiger charge is 2.25. The van der Waals surface area contributed by atoms with E-state index in [1.54, 1.807) is 32.4 Å². The van der Waals surface area contributed by atoms with Crippen molar-refractivity contribution in [3.05, 3.63) is 81.3 Å². The van der Waals surface area contributed by atoms with E-state index >= 15 is 0 Å². The Labute approximate surface area is 226 Å². The van der Waals surface area contributed by atoms with Gasteiger partial charge in [-0.3, -0.25) is 4.79 Å². The molecule has 3 aromatic rings. The molecule has 0 aromatic heterocycles. The van der Waals surface area contributed by atoms with E-state index in [0.29, 0.717) is 24.7 Å². The molecule has 0 aliphatic carbocycles. The third-order valence-electron chi connectivity index (χ3n) is 5.70. The number of hydrogen-bond donors (Lipinski definition) is 1. The van der Waals surface area contributed by atoms with Gasteiger partial charge >= 0.3 is 5.97 Å². The molecule has 3 rings (SSSR count). The highest BCUT2D eigenvalue weighted by Crippen LogP contribution is 2.40. The van der Waals surface area contributed by atoms with Crippen LogP contribution >= 0.6 is 23.2 Å². The van der Waals surface area contributed by atoms with Crippen LogP contribution in [-0.2, 0) is 27.3 Å². The molecule has 0 saturated carbocycles. The summed E-state index contributed by atoms with van der Waals surface area (Å²) in [5.74, 6) is 0.148. The first-order valence-electron chi connectivity index (χ1n) is 11.6. The standard InChI is InChI=1S/C28H29Cl2NO6/c1-5-37-16-18-14-23(34-2)25(24(15-18)35-3)19-11-9-17(10-12-19)13-22(28(33)36-4)31-27(32)26-20(29)7-6-8-21(26)30/h6-12,14-15,22H,5,13,16H2,1-4H3,(H,31,32)/t22-/m0/s1. The van der Waals surface area contributed by atoms with Gasteiger partial charge in [-0.15, -0.1) is 0 Å². The van der Waals surface area contributed by atoms with Gasteiger partial charge in [0.1, 0.15) is 17.5 Å². The molecule has 0 aliphatic rings. The van der Waals surface area contributed by atoms with Gasteiger partial charge < -0.3 is 24.3 Å². The number of methoxy groups -OCH3 is 3. The van der Waals surface area contributed by atoms with Crippen LogP contribution < -0.4 is 14.8 Å².